The molecule has 5 heteroatoms. The van der Waals surface area contributed by atoms with Gasteiger partial charge in [0.2, 0.25) is 5.89 Å². The van der Waals surface area contributed by atoms with Crippen molar-refractivity contribution in [2.24, 2.45) is 0 Å². The van der Waals surface area contributed by atoms with Crippen LogP contribution in [-0.4, -0.2) is 10.2 Å². The van der Waals surface area contributed by atoms with Crippen molar-refractivity contribution < 1.29 is 9.15 Å². The summed E-state index contributed by atoms with van der Waals surface area (Å²) in [5.74, 6) is 1.55. The molecule has 4 aromatic rings. The first-order valence-corrected chi connectivity index (χ1v) is 8.53. The molecule has 0 atom stereocenters. The molecule has 0 radical (unpaired) electrons. The van der Waals surface area contributed by atoms with Gasteiger partial charge in [0.15, 0.2) is 0 Å². The van der Waals surface area contributed by atoms with Crippen molar-refractivity contribution in [3.05, 3.63) is 89.4 Å². The number of nitrogens with zero attached hydrogens (tertiary/aromatic N) is 2. The standard InChI is InChI=1S/C21H15ClN2O2/c22-18-12-6-4-10-16(18)14-25-19-13-7-5-11-17(19)21-24-23-20(26-21)15-8-2-1-3-9-15/h1-13H,14H2. The minimum Gasteiger partial charge on any atom is -0.488 e. The number of benzene rings is 3. The molecule has 3 aromatic carbocycles. The van der Waals surface area contributed by atoms with Crippen LogP contribution in [0.15, 0.2) is 83.3 Å². The van der Waals surface area contributed by atoms with Crippen molar-refractivity contribution in [3.63, 3.8) is 0 Å². The molecule has 0 amide bonds. The fraction of sp³-hybridized carbons (Fsp3) is 0.0476. The van der Waals surface area contributed by atoms with Gasteiger partial charge in [-0.15, -0.1) is 10.2 Å². The van der Waals surface area contributed by atoms with Gasteiger partial charge in [0, 0.05) is 16.1 Å². The van der Waals surface area contributed by atoms with Crippen molar-refractivity contribution in [3.8, 4) is 28.7 Å². The van der Waals surface area contributed by atoms with Crippen LogP contribution >= 0.6 is 11.6 Å². The van der Waals surface area contributed by atoms with Gasteiger partial charge in [0.05, 0.1) is 5.56 Å². The monoisotopic (exact) mass is 362 g/mol. The Morgan fingerprint density at radius 1 is 0.769 bits per heavy atom. The van der Waals surface area contributed by atoms with Crippen LogP contribution in [-0.2, 0) is 6.61 Å². The minimum absolute atomic E-state index is 0.358. The molecule has 4 rings (SSSR count). The van der Waals surface area contributed by atoms with Gasteiger partial charge in [-0.25, -0.2) is 0 Å². The Bertz CT molecular complexity index is 1020. The van der Waals surface area contributed by atoms with E-state index in [1.165, 1.54) is 0 Å². The summed E-state index contributed by atoms with van der Waals surface area (Å²) in [5, 5.41) is 8.99. The summed E-state index contributed by atoms with van der Waals surface area (Å²) in [5.41, 5.74) is 2.54. The Balaban J connectivity index is 1.60. The topological polar surface area (TPSA) is 48.2 Å². The molecule has 0 saturated carbocycles. The molecule has 0 N–H and O–H groups in total. The lowest BCUT2D eigenvalue weighted by Gasteiger charge is -2.10. The lowest BCUT2D eigenvalue weighted by atomic mass is 10.2. The predicted octanol–water partition coefficient (Wildman–Crippen LogP) is 5.64. The highest BCUT2D eigenvalue weighted by atomic mass is 35.5. The van der Waals surface area contributed by atoms with E-state index >= 15 is 0 Å². The fourth-order valence-electron chi connectivity index (χ4n) is 2.57. The molecule has 4 nitrogen and oxygen atoms in total. The van der Waals surface area contributed by atoms with E-state index in [1.54, 1.807) is 0 Å². The minimum atomic E-state index is 0.358. The summed E-state index contributed by atoms with van der Waals surface area (Å²) in [7, 11) is 0. The number of para-hydroxylation sites is 1. The Labute approximate surface area is 156 Å². The predicted molar refractivity (Wildman–Crippen MR) is 101 cm³/mol. The van der Waals surface area contributed by atoms with E-state index in [1.807, 2.05) is 78.9 Å². The maximum atomic E-state index is 6.20. The third-order valence-corrected chi connectivity index (χ3v) is 4.27. The van der Waals surface area contributed by atoms with Crippen LogP contribution in [0.5, 0.6) is 5.75 Å². The van der Waals surface area contributed by atoms with Gasteiger partial charge in [-0.1, -0.05) is 60.1 Å². The molecule has 0 spiro atoms. The van der Waals surface area contributed by atoms with Gasteiger partial charge in [0.1, 0.15) is 12.4 Å². The number of ether oxygens (including phenoxy) is 1. The maximum absolute atomic E-state index is 6.20. The molecule has 0 unspecified atom stereocenters. The molecule has 0 aliphatic rings. The molecule has 0 saturated heterocycles. The Morgan fingerprint density at radius 2 is 1.46 bits per heavy atom. The van der Waals surface area contributed by atoms with E-state index in [9.17, 15) is 0 Å². The van der Waals surface area contributed by atoms with E-state index in [0.29, 0.717) is 29.2 Å². The highest BCUT2D eigenvalue weighted by Gasteiger charge is 2.14. The molecule has 26 heavy (non-hydrogen) atoms. The normalized spacial score (nSPS) is 10.7. The second-order valence-corrected chi connectivity index (χ2v) is 6.06. The SMILES string of the molecule is Clc1ccccc1COc1ccccc1-c1nnc(-c2ccccc2)o1. The van der Waals surface area contributed by atoms with Gasteiger partial charge >= 0.3 is 0 Å². The third-order valence-electron chi connectivity index (χ3n) is 3.90. The van der Waals surface area contributed by atoms with Gasteiger partial charge in [0.25, 0.3) is 5.89 Å². The smallest absolute Gasteiger partial charge is 0.251 e. The molecule has 1 aromatic heterocycles. The van der Waals surface area contributed by atoms with Crippen molar-refractivity contribution in [2.75, 3.05) is 0 Å². The van der Waals surface area contributed by atoms with Crippen molar-refractivity contribution in [1.29, 1.82) is 0 Å². The molecule has 1 heterocycles. The van der Waals surface area contributed by atoms with Gasteiger partial charge in [-0.05, 0) is 30.3 Å². The summed E-state index contributed by atoms with van der Waals surface area (Å²) in [6, 6.07) is 24.8. The number of aromatic nitrogens is 2. The number of hydrogen-bond acceptors (Lipinski definition) is 4. The Morgan fingerprint density at radius 3 is 2.31 bits per heavy atom. The lowest BCUT2D eigenvalue weighted by molar-refractivity contribution is 0.307. The molecule has 0 aliphatic heterocycles. The molecule has 0 aliphatic carbocycles. The molecule has 0 fully saturated rings. The van der Waals surface area contributed by atoms with E-state index in [0.717, 1.165) is 16.7 Å². The third kappa shape index (κ3) is 3.46. The van der Waals surface area contributed by atoms with Crippen LogP contribution < -0.4 is 4.74 Å². The second-order valence-electron chi connectivity index (χ2n) is 5.65. The van der Waals surface area contributed by atoms with Gasteiger partial charge < -0.3 is 9.15 Å². The van der Waals surface area contributed by atoms with Crippen molar-refractivity contribution in [1.82, 2.24) is 10.2 Å². The quantitative estimate of drug-likeness (QED) is 0.461. The first-order valence-electron chi connectivity index (χ1n) is 8.16. The molecular weight excluding hydrogens is 348 g/mol. The summed E-state index contributed by atoms with van der Waals surface area (Å²) < 4.78 is 11.8. The molecule has 128 valence electrons. The summed E-state index contributed by atoms with van der Waals surface area (Å²) in [4.78, 5) is 0. The zero-order valence-electron chi connectivity index (χ0n) is 13.8. The highest BCUT2D eigenvalue weighted by molar-refractivity contribution is 6.31. The molecular formula is C21H15ClN2O2. The Hall–Kier alpha value is -3.11. The zero-order valence-corrected chi connectivity index (χ0v) is 14.6. The van der Waals surface area contributed by atoms with Crippen LogP contribution in [0.2, 0.25) is 5.02 Å². The van der Waals surface area contributed by atoms with Crippen LogP contribution in [0.4, 0.5) is 0 Å². The van der Waals surface area contributed by atoms with E-state index in [4.69, 9.17) is 20.8 Å². The van der Waals surface area contributed by atoms with E-state index in [2.05, 4.69) is 10.2 Å². The van der Waals surface area contributed by atoms with Gasteiger partial charge in [-0.2, -0.15) is 0 Å². The fourth-order valence-corrected chi connectivity index (χ4v) is 2.76. The maximum Gasteiger partial charge on any atom is 0.251 e. The number of halogens is 1. The zero-order chi connectivity index (χ0) is 17.8. The second kappa shape index (κ2) is 7.42. The largest absolute Gasteiger partial charge is 0.488 e. The summed E-state index contributed by atoms with van der Waals surface area (Å²) in [6.07, 6.45) is 0. The van der Waals surface area contributed by atoms with Gasteiger partial charge in [-0.3, -0.25) is 0 Å². The highest BCUT2D eigenvalue weighted by Crippen LogP contribution is 2.31. The van der Waals surface area contributed by atoms with E-state index < -0.39 is 0 Å². The average Bonchev–Trinajstić information content (AvgIpc) is 3.18. The lowest BCUT2D eigenvalue weighted by Crippen LogP contribution is -1.97. The first kappa shape index (κ1) is 16.4. The van der Waals surface area contributed by atoms with Crippen LogP contribution in [0.3, 0.4) is 0 Å². The van der Waals surface area contributed by atoms with Crippen molar-refractivity contribution in [2.45, 2.75) is 6.61 Å². The molecule has 0 bridgehead atoms. The van der Waals surface area contributed by atoms with Crippen LogP contribution in [0, 0.1) is 0 Å². The Kier molecular flexibility index (Phi) is 4.67. The number of hydrogen-bond donors (Lipinski definition) is 0. The van der Waals surface area contributed by atoms with Crippen LogP contribution in [0.25, 0.3) is 22.9 Å². The van der Waals surface area contributed by atoms with Crippen molar-refractivity contribution >= 4 is 11.6 Å². The average molecular weight is 363 g/mol. The first-order chi connectivity index (χ1) is 12.8. The number of rotatable bonds is 5. The van der Waals surface area contributed by atoms with Crippen LogP contribution in [0.1, 0.15) is 5.56 Å². The summed E-state index contributed by atoms with van der Waals surface area (Å²) in [6.45, 7) is 0.358. The van der Waals surface area contributed by atoms with E-state index in [-0.39, 0.29) is 0 Å². The summed E-state index contributed by atoms with van der Waals surface area (Å²) >= 11 is 6.20.